The normalized spacial score (nSPS) is 17.3. The molecular formula is C18H17BrN2O2. The zero-order valence-corrected chi connectivity index (χ0v) is 14.6. The fourth-order valence-corrected chi connectivity index (χ4v) is 3.46. The van der Waals surface area contributed by atoms with Gasteiger partial charge in [0.05, 0.1) is 5.57 Å². The van der Waals surface area contributed by atoms with Gasteiger partial charge in [-0.15, -0.1) is 0 Å². The van der Waals surface area contributed by atoms with Gasteiger partial charge in [-0.1, -0.05) is 41.1 Å². The van der Waals surface area contributed by atoms with E-state index < -0.39 is 6.10 Å². The fraction of sp³-hybridized carbons (Fsp3) is 0.222. The molecule has 2 heterocycles. The van der Waals surface area contributed by atoms with Crippen LogP contribution in [0.4, 0.5) is 0 Å². The molecule has 0 amide bonds. The number of benzene rings is 1. The summed E-state index contributed by atoms with van der Waals surface area (Å²) in [5.41, 5.74) is 3.36. The van der Waals surface area contributed by atoms with Gasteiger partial charge in [0.2, 0.25) is 5.78 Å². The Morgan fingerprint density at radius 2 is 2.13 bits per heavy atom. The smallest absolute Gasteiger partial charge is 0.214 e. The molecule has 0 aliphatic carbocycles. The summed E-state index contributed by atoms with van der Waals surface area (Å²) in [6.45, 7) is 2.07. The lowest BCUT2D eigenvalue weighted by Gasteiger charge is -2.11. The molecule has 118 valence electrons. The molecule has 1 aromatic carbocycles. The van der Waals surface area contributed by atoms with E-state index in [1.54, 1.807) is 25.5 Å². The first kappa shape index (κ1) is 15.7. The van der Waals surface area contributed by atoms with Crippen LogP contribution in [-0.4, -0.2) is 17.8 Å². The molecule has 1 unspecified atom stereocenters. The number of pyridine rings is 1. The first-order valence-corrected chi connectivity index (χ1v) is 8.27. The molecule has 1 aliphatic heterocycles. The van der Waals surface area contributed by atoms with Crippen molar-refractivity contribution in [3.63, 3.8) is 0 Å². The number of ketones is 1. The standard InChI is InChI=1S/C18H17BrN2O2/c1-3-12-13(7-4-8-14(12)19)15-16(22)17(23-18(15)20-2)11-6-5-9-21-10-11/h4-10,17,20H,3H2,1-2H3. The monoisotopic (exact) mass is 372 g/mol. The maximum Gasteiger partial charge on any atom is 0.214 e. The number of nitrogens with one attached hydrogen (secondary N) is 1. The molecule has 0 saturated heterocycles. The number of hydrogen-bond acceptors (Lipinski definition) is 4. The van der Waals surface area contributed by atoms with E-state index in [-0.39, 0.29) is 5.78 Å². The Labute approximate surface area is 143 Å². The summed E-state index contributed by atoms with van der Waals surface area (Å²) in [5.74, 6) is 0.465. The maximum absolute atomic E-state index is 13.0. The van der Waals surface area contributed by atoms with Gasteiger partial charge in [-0.25, -0.2) is 0 Å². The summed E-state index contributed by atoms with van der Waals surface area (Å²) in [4.78, 5) is 17.1. The highest BCUT2D eigenvalue weighted by Crippen LogP contribution is 2.39. The highest BCUT2D eigenvalue weighted by Gasteiger charge is 2.37. The molecular weight excluding hydrogens is 356 g/mol. The Bertz CT molecular complexity index is 772. The predicted octanol–water partition coefficient (Wildman–Crippen LogP) is 3.64. The Morgan fingerprint density at radius 1 is 1.30 bits per heavy atom. The highest BCUT2D eigenvalue weighted by atomic mass is 79.9. The number of Topliss-reactive ketones (excluding diaryl/α,β-unsaturated/α-hetero) is 1. The van der Waals surface area contributed by atoms with Crippen LogP contribution in [0.5, 0.6) is 0 Å². The lowest BCUT2D eigenvalue weighted by Crippen LogP contribution is -2.10. The SMILES string of the molecule is CCc1c(Br)cccc1C1=C(NC)OC(c2cccnc2)C1=O. The van der Waals surface area contributed by atoms with Crippen LogP contribution in [-0.2, 0) is 16.0 Å². The second kappa shape index (κ2) is 6.54. The Hall–Kier alpha value is -2.14. The second-order valence-corrected chi connectivity index (χ2v) is 6.08. The number of rotatable bonds is 4. The number of halogens is 1. The number of nitrogens with zero attached hydrogens (tertiary/aromatic N) is 1. The molecule has 4 nitrogen and oxygen atoms in total. The van der Waals surface area contributed by atoms with E-state index in [1.165, 1.54) is 0 Å². The summed E-state index contributed by atoms with van der Waals surface area (Å²) in [6, 6.07) is 9.54. The summed E-state index contributed by atoms with van der Waals surface area (Å²) in [7, 11) is 1.76. The van der Waals surface area contributed by atoms with Crippen molar-refractivity contribution in [2.24, 2.45) is 0 Å². The van der Waals surface area contributed by atoms with Gasteiger partial charge in [-0.3, -0.25) is 9.78 Å². The van der Waals surface area contributed by atoms with Crippen LogP contribution in [0, 0.1) is 0 Å². The highest BCUT2D eigenvalue weighted by molar-refractivity contribution is 9.10. The minimum Gasteiger partial charge on any atom is -0.462 e. The number of ether oxygens (including phenoxy) is 1. The van der Waals surface area contributed by atoms with Gasteiger partial charge in [0.25, 0.3) is 0 Å². The van der Waals surface area contributed by atoms with Crippen molar-refractivity contribution >= 4 is 27.3 Å². The largest absolute Gasteiger partial charge is 0.462 e. The summed E-state index contributed by atoms with van der Waals surface area (Å²) in [5, 5.41) is 3.01. The molecule has 0 saturated carbocycles. The maximum atomic E-state index is 13.0. The van der Waals surface area contributed by atoms with Gasteiger partial charge in [-0.2, -0.15) is 0 Å². The summed E-state index contributed by atoms with van der Waals surface area (Å²) in [6.07, 6.45) is 3.52. The molecule has 0 spiro atoms. The number of carbonyl (C=O) groups excluding carboxylic acids is 1. The molecule has 1 aliphatic rings. The van der Waals surface area contributed by atoms with Crippen molar-refractivity contribution in [1.29, 1.82) is 0 Å². The van der Waals surface area contributed by atoms with Gasteiger partial charge in [0, 0.05) is 29.5 Å². The van der Waals surface area contributed by atoms with Crippen LogP contribution in [0.25, 0.3) is 5.57 Å². The molecule has 0 radical (unpaired) electrons. The topological polar surface area (TPSA) is 51.2 Å². The van der Waals surface area contributed by atoms with Crippen LogP contribution in [0.2, 0.25) is 0 Å². The Kier molecular flexibility index (Phi) is 4.48. The van der Waals surface area contributed by atoms with Crippen molar-refractivity contribution in [1.82, 2.24) is 10.3 Å². The molecule has 1 atom stereocenters. The van der Waals surface area contributed by atoms with E-state index in [4.69, 9.17) is 4.74 Å². The Morgan fingerprint density at radius 3 is 2.78 bits per heavy atom. The van der Waals surface area contributed by atoms with E-state index in [1.807, 2.05) is 24.3 Å². The summed E-state index contributed by atoms with van der Waals surface area (Å²) < 4.78 is 6.88. The number of carbonyl (C=O) groups is 1. The fourth-order valence-electron chi connectivity index (χ4n) is 2.81. The molecule has 23 heavy (non-hydrogen) atoms. The van der Waals surface area contributed by atoms with Crippen LogP contribution < -0.4 is 5.32 Å². The van der Waals surface area contributed by atoms with E-state index in [0.29, 0.717) is 11.5 Å². The van der Waals surface area contributed by atoms with E-state index in [9.17, 15) is 4.79 Å². The quantitative estimate of drug-likeness (QED) is 0.889. The van der Waals surface area contributed by atoms with Crippen LogP contribution >= 0.6 is 15.9 Å². The summed E-state index contributed by atoms with van der Waals surface area (Å²) >= 11 is 3.57. The average Bonchev–Trinajstić information content (AvgIpc) is 2.92. The molecule has 1 N–H and O–H groups in total. The third kappa shape index (κ3) is 2.77. The van der Waals surface area contributed by atoms with Crippen molar-refractivity contribution in [3.05, 3.63) is 69.8 Å². The van der Waals surface area contributed by atoms with Crippen molar-refractivity contribution in [2.75, 3.05) is 7.05 Å². The van der Waals surface area contributed by atoms with Crippen molar-refractivity contribution < 1.29 is 9.53 Å². The second-order valence-electron chi connectivity index (χ2n) is 5.22. The van der Waals surface area contributed by atoms with Crippen molar-refractivity contribution in [2.45, 2.75) is 19.4 Å². The lowest BCUT2D eigenvalue weighted by atomic mass is 9.93. The van der Waals surface area contributed by atoms with E-state index in [0.717, 1.165) is 27.6 Å². The van der Waals surface area contributed by atoms with Crippen LogP contribution in [0.15, 0.2) is 53.1 Å². The first-order valence-electron chi connectivity index (χ1n) is 7.48. The molecule has 2 aromatic rings. The zero-order valence-electron chi connectivity index (χ0n) is 13.0. The zero-order chi connectivity index (χ0) is 16.4. The van der Waals surface area contributed by atoms with Gasteiger partial charge < -0.3 is 10.1 Å². The predicted molar refractivity (Wildman–Crippen MR) is 92.6 cm³/mol. The molecule has 0 fully saturated rings. The van der Waals surface area contributed by atoms with Crippen molar-refractivity contribution in [3.8, 4) is 0 Å². The third-order valence-electron chi connectivity index (χ3n) is 3.90. The van der Waals surface area contributed by atoms with Gasteiger partial charge in [-0.05, 0) is 29.7 Å². The van der Waals surface area contributed by atoms with E-state index in [2.05, 4.69) is 33.2 Å². The minimum atomic E-state index is -0.648. The van der Waals surface area contributed by atoms with Gasteiger partial charge in [0.1, 0.15) is 0 Å². The van der Waals surface area contributed by atoms with Gasteiger partial charge in [0.15, 0.2) is 12.0 Å². The van der Waals surface area contributed by atoms with Crippen LogP contribution in [0.3, 0.4) is 0 Å². The first-order chi connectivity index (χ1) is 11.2. The lowest BCUT2D eigenvalue weighted by molar-refractivity contribution is -0.120. The third-order valence-corrected chi connectivity index (χ3v) is 4.65. The van der Waals surface area contributed by atoms with Gasteiger partial charge >= 0.3 is 0 Å². The molecule has 0 bridgehead atoms. The van der Waals surface area contributed by atoms with Crippen LogP contribution in [0.1, 0.15) is 29.7 Å². The molecule has 5 heteroatoms. The number of aromatic nitrogens is 1. The Balaban J connectivity index is 2.08. The van der Waals surface area contributed by atoms with E-state index >= 15 is 0 Å². The average molecular weight is 373 g/mol. The number of hydrogen-bond donors (Lipinski definition) is 1. The molecule has 3 rings (SSSR count). The molecule has 1 aromatic heterocycles. The minimum absolute atomic E-state index is 0.0462.